The Balaban J connectivity index is 1.48. The third kappa shape index (κ3) is 5.89. The molecule has 194 valence electrons. The second kappa shape index (κ2) is 10.6. The zero-order chi connectivity index (χ0) is 26.0. The van der Waals surface area contributed by atoms with E-state index in [0.717, 1.165) is 48.0 Å². The number of hydrogen-bond donors (Lipinski definition) is 2. The largest absolute Gasteiger partial charge is 0.496 e. The number of H-pyrrole nitrogens is 1. The summed E-state index contributed by atoms with van der Waals surface area (Å²) in [7, 11) is 1.59. The fourth-order valence-electron chi connectivity index (χ4n) is 5.12. The van der Waals surface area contributed by atoms with Gasteiger partial charge in [-0.3, -0.25) is 4.79 Å². The summed E-state index contributed by atoms with van der Waals surface area (Å²) >= 11 is 0. The third-order valence-electron chi connectivity index (χ3n) is 6.91. The number of carbonyl (C=O) groups is 1. The lowest BCUT2D eigenvalue weighted by Gasteiger charge is -2.33. The van der Waals surface area contributed by atoms with Crippen LogP contribution in [-0.2, 0) is 9.53 Å². The summed E-state index contributed by atoms with van der Waals surface area (Å²) in [5, 5.41) is 4.54. The maximum atomic E-state index is 14.1. The van der Waals surface area contributed by atoms with Gasteiger partial charge in [-0.15, -0.1) is 0 Å². The summed E-state index contributed by atoms with van der Waals surface area (Å²) in [4.78, 5) is 20.8. The van der Waals surface area contributed by atoms with E-state index >= 15 is 0 Å². The van der Waals surface area contributed by atoms with Crippen LogP contribution in [0, 0.1) is 11.7 Å². The van der Waals surface area contributed by atoms with Gasteiger partial charge >= 0.3 is 5.97 Å². The van der Waals surface area contributed by atoms with Crippen LogP contribution in [0.25, 0.3) is 22.2 Å². The number of fused-ring (bicyclic) bond motifs is 1. The van der Waals surface area contributed by atoms with E-state index in [2.05, 4.69) is 35.2 Å². The molecule has 1 fully saturated rings. The van der Waals surface area contributed by atoms with Gasteiger partial charge in [0.05, 0.1) is 7.11 Å². The zero-order valence-corrected chi connectivity index (χ0v) is 22.2. The van der Waals surface area contributed by atoms with Crippen molar-refractivity contribution in [1.82, 2.24) is 15.3 Å². The molecule has 1 atom stereocenters. The SMILES string of the molecule is COc1ccc(F)cc1-c1ccnc2[nH]c(C3CCC(NC(C(=O)OC(C)(C)C)C(C)C)CC3)cc12. The normalized spacial score (nSPS) is 19.4. The number of esters is 1. The highest BCUT2D eigenvalue weighted by molar-refractivity contribution is 5.95. The molecular weight excluding hydrogens is 457 g/mol. The summed E-state index contributed by atoms with van der Waals surface area (Å²) in [6.45, 7) is 9.81. The number of ether oxygens (including phenoxy) is 2. The van der Waals surface area contributed by atoms with Crippen molar-refractivity contribution in [1.29, 1.82) is 0 Å². The first-order valence-corrected chi connectivity index (χ1v) is 12.9. The molecule has 2 aromatic heterocycles. The molecule has 0 amide bonds. The number of rotatable bonds is 7. The first kappa shape index (κ1) is 26.1. The molecule has 0 bridgehead atoms. The van der Waals surface area contributed by atoms with E-state index in [-0.39, 0.29) is 29.8 Å². The van der Waals surface area contributed by atoms with Crippen molar-refractivity contribution >= 4 is 17.0 Å². The Morgan fingerprint density at radius 1 is 1.11 bits per heavy atom. The summed E-state index contributed by atoms with van der Waals surface area (Å²) in [5.74, 6) is 0.669. The van der Waals surface area contributed by atoms with Crippen molar-refractivity contribution in [2.45, 2.75) is 83.9 Å². The number of methoxy groups -OCH3 is 1. The highest BCUT2D eigenvalue weighted by atomic mass is 19.1. The molecule has 1 aromatic carbocycles. The van der Waals surface area contributed by atoms with E-state index < -0.39 is 5.60 Å². The van der Waals surface area contributed by atoms with E-state index in [9.17, 15) is 9.18 Å². The number of nitrogens with one attached hydrogen (secondary N) is 2. The number of aromatic amines is 1. The summed E-state index contributed by atoms with van der Waals surface area (Å²) in [5.41, 5.74) is 3.04. The molecule has 1 unspecified atom stereocenters. The molecule has 7 heteroatoms. The van der Waals surface area contributed by atoms with Gasteiger partial charge in [-0.1, -0.05) is 13.8 Å². The van der Waals surface area contributed by atoms with Crippen LogP contribution in [0.4, 0.5) is 4.39 Å². The fourth-order valence-corrected chi connectivity index (χ4v) is 5.12. The quantitative estimate of drug-likeness (QED) is 0.373. The molecule has 2 heterocycles. The standard InChI is InChI=1S/C29H38FN3O3/c1-17(2)26(28(34)36-29(3,4)5)32-20-10-7-18(8-11-20)24-16-23-21(13-14-31-27(23)33-24)22-15-19(30)9-12-25(22)35-6/h9,12-18,20,26,32H,7-8,10-11H2,1-6H3,(H,31,33). The third-order valence-corrected chi connectivity index (χ3v) is 6.91. The predicted octanol–water partition coefficient (Wildman–Crippen LogP) is 6.36. The van der Waals surface area contributed by atoms with Crippen LogP contribution in [0.1, 0.15) is 71.9 Å². The van der Waals surface area contributed by atoms with Gasteiger partial charge in [-0.05, 0) is 94.2 Å². The van der Waals surface area contributed by atoms with Gasteiger partial charge < -0.3 is 19.8 Å². The van der Waals surface area contributed by atoms with Crippen LogP contribution >= 0.6 is 0 Å². The monoisotopic (exact) mass is 495 g/mol. The highest BCUT2D eigenvalue weighted by Gasteiger charge is 2.32. The average Bonchev–Trinajstić information content (AvgIpc) is 3.26. The van der Waals surface area contributed by atoms with Crippen molar-refractivity contribution in [3.63, 3.8) is 0 Å². The van der Waals surface area contributed by atoms with Crippen LogP contribution in [0.15, 0.2) is 36.5 Å². The van der Waals surface area contributed by atoms with E-state index in [1.807, 2.05) is 26.8 Å². The molecule has 1 saturated carbocycles. The van der Waals surface area contributed by atoms with E-state index in [4.69, 9.17) is 9.47 Å². The van der Waals surface area contributed by atoms with Crippen LogP contribution in [0.5, 0.6) is 5.75 Å². The van der Waals surface area contributed by atoms with Gasteiger partial charge in [-0.2, -0.15) is 0 Å². The summed E-state index contributed by atoms with van der Waals surface area (Å²) < 4.78 is 25.2. The Hall–Kier alpha value is -2.93. The fraction of sp³-hybridized carbons (Fsp3) is 0.517. The average molecular weight is 496 g/mol. The number of carbonyl (C=O) groups excluding carboxylic acids is 1. The molecule has 3 aromatic rings. The molecule has 1 aliphatic rings. The number of nitrogens with zero attached hydrogens (tertiary/aromatic N) is 1. The van der Waals surface area contributed by atoms with Crippen molar-refractivity contribution < 1.29 is 18.7 Å². The second-order valence-corrected chi connectivity index (χ2v) is 11.2. The molecule has 2 N–H and O–H groups in total. The molecule has 0 radical (unpaired) electrons. The molecule has 0 spiro atoms. The predicted molar refractivity (Wildman–Crippen MR) is 141 cm³/mol. The van der Waals surface area contributed by atoms with Crippen molar-refractivity contribution in [3.8, 4) is 16.9 Å². The molecular formula is C29H38FN3O3. The molecule has 0 saturated heterocycles. The Kier molecular flexibility index (Phi) is 7.69. The van der Waals surface area contributed by atoms with Crippen molar-refractivity contribution in [2.75, 3.05) is 7.11 Å². The summed E-state index contributed by atoms with van der Waals surface area (Å²) in [6.07, 6.45) is 5.70. The highest BCUT2D eigenvalue weighted by Crippen LogP contribution is 2.39. The lowest BCUT2D eigenvalue weighted by molar-refractivity contribution is -0.159. The molecule has 4 rings (SSSR count). The maximum absolute atomic E-state index is 14.1. The minimum Gasteiger partial charge on any atom is -0.496 e. The summed E-state index contributed by atoms with van der Waals surface area (Å²) in [6, 6.07) is 8.58. The van der Waals surface area contributed by atoms with Gasteiger partial charge in [0, 0.05) is 28.9 Å². The van der Waals surface area contributed by atoms with Gasteiger partial charge in [0.2, 0.25) is 0 Å². The second-order valence-electron chi connectivity index (χ2n) is 11.2. The van der Waals surface area contributed by atoms with Crippen LogP contribution in [0.2, 0.25) is 0 Å². The van der Waals surface area contributed by atoms with Gasteiger partial charge in [0.1, 0.15) is 28.9 Å². The van der Waals surface area contributed by atoms with Crippen LogP contribution in [0.3, 0.4) is 0 Å². The number of hydrogen-bond acceptors (Lipinski definition) is 5. The topological polar surface area (TPSA) is 76.2 Å². The Labute approximate surface area is 213 Å². The van der Waals surface area contributed by atoms with Crippen molar-refractivity contribution in [3.05, 3.63) is 48.0 Å². The number of halogens is 1. The molecule has 6 nitrogen and oxygen atoms in total. The smallest absolute Gasteiger partial charge is 0.323 e. The number of aromatic nitrogens is 2. The number of benzene rings is 1. The Morgan fingerprint density at radius 2 is 1.83 bits per heavy atom. The first-order valence-electron chi connectivity index (χ1n) is 12.9. The van der Waals surface area contributed by atoms with E-state index in [0.29, 0.717) is 17.2 Å². The lowest BCUT2D eigenvalue weighted by atomic mass is 9.83. The van der Waals surface area contributed by atoms with Crippen molar-refractivity contribution in [2.24, 2.45) is 5.92 Å². The minimum atomic E-state index is -0.498. The first-order chi connectivity index (χ1) is 17.1. The molecule has 36 heavy (non-hydrogen) atoms. The van der Waals surface area contributed by atoms with Gasteiger partial charge in [0.15, 0.2) is 0 Å². The van der Waals surface area contributed by atoms with Gasteiger partial charge in [-0.25, -0.2) is 9.37 Å². The number of pyridine rings is 1. The van der Waals surface area contributed by atoms with E-state index in [1.54, 1.807) is 19.4 Å². The zero-order valence-electron chi connectivity index (χ0n) is 22.2. The lowest BCUT2D eigenvalue weighted by Crippen LogP contribution is -2.49. The maximum Gasteiger partial charge on any atom is 0.323 e. The van der Waals surface area contributed by atoms with Gasteiger partial charge in [0.25, 0.3) is 0 Å². The van der Waals surface area contributed by atoms with E-state index in [1.165, 1.54) is 12.1 Å². The Bertz CT molecular complexity index is 1210. The molecule has 1 aliphatic carbocycles. The molecule has 0 aliphatic heterocycles. The minimum absolute atomic E-state index is 0.149. The van der Waals surface area contributed by atoms with Crippen LogP contribution < -0.4 is 10.1 Å². The van der Waals surface area contributed by atoms with Crippen LogP contribution in [-0.4, -0.2) is 40.7 Å². The Morgan fingerprint density at radius 3 is 2.47 bits per heavy atom.